The summed E-state index contributed by atoms with van der Waals surface area (Å²) in [7, 11) is 0. The van der Waals surface area contributed by atoms with Crippen molar-refractivity contribution in [1.29, 1.82) is 0 Å². The molecule has 0 spiro atoms. The molecule has 5 atom stereocenters. The summed E-state index contributed by atoms with van der Waals surface area (Å²) in [6, 6.07) is 0. The first-order chi connectivity index (χ1) is 12.5. The lowest BCUT2D eigenvalue weighted by Crippen LogP contribution is -2.36. The Labute approximate surface area is 162 Å². The second-order valence-corrected chi connectivity index (χ2v) is 10.8. The number of anilines is 1. The fraction of sp³-hybridized carbons (Fsp3) is 0.500. The Kier molecular flexibility index (Phi) is 5.93. The number of imidazole rings is 1. The molecule has 3 heterocycles. The van der Waals surface area contributed by atoms with Gasteiger partial charge in [0.15, 0.2) is 17.7 Å². The molecule has 13 nitrogen and oxygen atoms in total. The van der Waals surface area contributed by atoms with Crippen molar-refractivity contribution in [2.24, 2.45) is 0 Å². The van der Waals surface area contributed by atoms with Gasteiger partial charge in [-0.05, 0) is 11.8 Å². The first kappa shape index (κ1) is 21.0. The fourth-order valence-electron chi connectivity index (χ4n) is 2.69. The molecule has 27 heavy (non-hydrogen) atoms. The third kappa shape index (κ3) is 4.66. The van der Waals surface area contributed by atoms with Gasteiger partial charge in [0, 0.05) is 0 Å². The monoisotopic (exact) mass is 459 g/mol. The largest absolute Gasteiger partial charge is 0.394 e. The minimum atomic E-state index is -4.39. The van der Waals surface area contributed by atoms with Crippen LogP contribution in [0.2, 0.25) is 0 Å². The maximum absolute atomic E-state index is 11.7. The molecule has 150 valence electrons. The highest BCUT2D eigenvalue weighted by molar-refractivity contribution is 8.44. The summed E-state index contributed by atoms with van der Waals surface area (Å²) in [5.74, 6) is 0.0870. The summed E-state index contributed by atoms with van der Waals surface area (Å²) in [6.45, 7) is -9.26. The van der Waals surface area contributed by atoms with Crippen molar-refractivity contribution < 1.29 is 38.1 Å². The molecule has 1 aliphatic rings. The normalized spacial score (nSPS) is 28.5. The number of hydrogen-bond donors (Lipinski definition) is 6. The zero-order valence-electron chi connectivity index (χ0n) is 13.2. The summed E-state index contributed by atoms with van der Waals surface area (Å²) in [5.41, 5.74) is 6.17. The van der Waals surface area contributed by atoms with Crippen LogP contribution in [0.5, 0.6) is 0 Å². The Bertz CT molecular complexity index is 933. The van der Waals surface area contributed by atoms with Gasteiger partial charge < -0.3 is 30.3 Å². The highest BCUT2D eigenvalue weighted by Gasteiger charge is 2.51. The molecule has 2 aromatic heterocycles. The van der Waals surface area contributed by atoms with E-state index in [1.165, 1.54) is 17.2 Å². The molecule has 1 fully saturated rings. The maximum atomic E-state index is 11.7. The van der Waals surface area contributed by atoms with Crippen LogP contribution in [0.15, 0.2) is 12.7 Å². The van der Waals surface area contributed by atoms with Gasteiger partial charge in [0.25, 0.3) is 0 Å². The smallest absolute Gasteiger partial charge is 0.384 e. The van der Waals surface area contributed by atoms with E-state index < -0.39 is 44.7 Å². The molecule has 1 aliphatic heterocycles. The number of nitrogen functional groups attached to an aromatic ring is 1. The van der Waals surface area contributed by atoms with Crippen LogP contribution in [-0.2, 0) is 30.2 Å². The summed E-state index contributed by atoms with van der Waals surface area (Å²) < 4.78 is 28.7. The van der Waals surface area contributed by atoms with Crippen molar-refractivity contribution in [2.45, 2.75) is 24.5 Å². The quantitative estimate of drug-likeness (QED) is 0.235. The van der Waals surface area contributed by atoms with Crippen LogP contribution in [0.25, 0.3) is 11.2 Å². The zero-order chi connectivity index (χ0) is 20.0. The number of nitrogens with zero attached hydrogens (tertiary/aromatic N) is 4. The Hall–Kier alpha value is -0.700. The Morgan fingerprint density at radius 3 is 2.59 bits per heavy atom. The summed E-state index contributed by atoms with van der Waals surface area (Å²) in [6.07, 6.45) is -2.76. The van der Waals surface area contributed by atoms with Crippen molar-refractivity contribution in [1.82, 2.24) is 19.5 Å². The Balaban J connectivity index is 2.07. The van der Waals surface area contributed by atoms with E-state index in [2.05, 4.69) is 39.0 Å². The molecule has 3 rings (SSSR count). The van der Waals surface area contributed by atoms with E-state index in [1.807, 2.05) is 0 Å². The molecule has 2 aromatic rings. The van der Waals surface area contributed by atoms with E-state index in [1.54, 1.807) is 0 Å². The Morgan fingerprint density at radius 1 is 1.30 bits per heavy atom. The van der Waals surface area contributed by atoms with E-state index >= 15 is 0 Å². The number of fused-ring (bicyclic) bond motifs is 1. The van der Waals surface area contributed by atoms with E-state index in [0.717, 1.165) is 0 Å². The molecule has 0 saturated carbocycles. The predicted octanol–water partition coefficient (Wildman–Crippen LogP) is -0.692. The second-order valence-electron chi connectivity index (χ2n) is 5.45. The van der Waals surface area contributed by atoms with Crippen molar-refractivity contribution in [2.75, 3.05) is 12.3 Å². The van der Waals surface area contributed by atoms with Gasteiger partial charge in [0.2, 0.25) is 0 Å². The summed E-state index contributed by atoms with van der Waals surface area (Å²) in [5, 5.41) is 9.56. The third-order valence-corrected chi connectivity index (χ3v) is 5.22. The number of hydrogen-bond acceptors (Lipinski definition) is 10. The molecule has 0 radical (unpaired) electrons. The topological polar surface area (TPSA) is 195 Å². The van der Waals surface area contributed by atoms with Crippen LogP contribution in [0, 0.1) is 0 Å². The standard InChI is InChI=1S/C10H15N5O8P2S2/c11-8-5-9(13-2-12-8)15(3-14-5)10-7(23-25(19,20)27)6(4(1-16)21-10)22-24(17,18)26/h2-4,6-7,10,16H,1H2,(H2,11,12,13)(H2,17,18,26)(H2,19,20,27)/t4-,6-,7-,10-/m1/s1. The van der Waals surface area contributed by atoms with E-state index in [4.69, 9.17) is 19.5 Å². The predicted molar refractivity (Wildman–Crippen MR) is 98.0 cm³/mol. The maximum Gasteiger partial charge on any atom is 0.384 e. The van der Waals surface area contributed by atoms with Gasteiger partial charge in [-0.15, -0.1) is 0 Å². The molecule has 17 heteroatoms. The molecule has 1 unspecified atom stereocenters. The SMILES string of the molecule is Nc1ncnc2c1ncn2[C@@H]1O[C@H](CO)[C@@H](OP(O)(O)=S)[C@H]1OP(=O)(O)S. The van der Waals surface area contributed by atoms with Crippen molar-refractivity contribution >= 4 is 54.6 Å². The lowest BCUT2D eigenvalue weighted by atomic mass is 10.1. The number of rotatable bonds is 6. The van der Waals surface area contributed by atoms with Gasteiger partial charge in [0.1, 0.15) is 30.2 Å². The van der Waals surface area contributed by atoms with Gasteiger partial charge in [-0.25, -0.2) is 19.5 Å². The summed E-state index contributed by atoms with van der Waals surface area (Å²) in [4.78, 5) is 40.4. The average molecular weight is 459 g/mol. The highest BCUT2D eigenvalue weighted by Crippen LogP contribution is 2.54. The van der Waals surface area contributed by atoms with Gasteiger partial charge in [-0.2, -0.15) is 0 Å². The first-order valence-electron chi connectivity index (χ1n) is 7.17. The number of aliphatic hydroxyl groups excluding tert-OH is 1. The van der Waals surface area contributed by atoms with E-state index in [-0.39, 0.29) is 17.0 Å². The molecule has 0 aromatic carbocycles. The van der Waals surface area contributed by atoms with Crippen molar-refractivity contribution in [3.63, 3.8) is 0 Å². The molecule has 1 saturated heterocycles. The minimum Gasteiger partial charge on any atom is -0.394 e. The van der Waals surface area contributed by atoms with Gasteiger partial charge >= 0.3 is 13.5 Å². The summed E-state index contributed by atoms with van der Waals surface area (Å²) >= 11 is 7.92. The van der Waals surface area contributed by atoms with Crippen LogP contribution in [-0.4, -0.2) is 64.2 Å². The fourth-order valence-corrected chi connectivity index (χ4v) is 4.43. The number of nitrogens with two attached hydrogens (primary N) is 1. The van der Waals surface area contributed by atoms with Crippen LogP contribution < -0.4 is 5.73 Å². The molecular formula is C10H15N5O8P2S2. The van der Waals surface area contributed by atoms with Crippen LogP contribution in [0.4, 0.5) is 5.82 Å². The molecule has 6 N–H and O–H groups in total. The third-order valence-electron chi connectivity index (χ3n) is 3.64. The number of thiol groups is 1. The lowest BCUT2D eigenvalue weighted by molar-refractivity contribution is -0.0481. The lowest BCUT2D eigenvalue weighted by Gasteiger charge is -2.26. The number of ether oxygens (including phenoxy) is 1. The van der Waals surface area contributed by atoms with Crippen LogP contribution >= 0.6 is 25.8 Å². The van der Waals surface area contributed by atoms with Crippen molar-refractivity contribution in [3.8, 4) is 0 Å². The van der Waals surface area contributed by atoms with Gasteiger partial charge in [-0.3, -0.25) is 13.6 Å². The van der Waals surface area contributed by atoms with E-state index in [9.17, 15) is 24.4 Å². The highest BCUT2D eigenvalue weighted by atomic mass is 32.7. The number of aromatic nitrogens is 4. The second kappa shape index (κ2) is 7.61. The van der Waals surface area contributed by atoms with Crippen LogP contribution in [0.1, 0.15) is 6.23 Å². The Morgan fingerprint density at radius 2 is 2.00 bits per heavy atom. The van der Waals surface area contributed by atoms with Crippen molar-refractivity contribution in [3.05, 3.63) is 12.7 Å². The first-order valence-corrected chi connectivity index (χ1v) is 12.5. The molecule has 0 aliphatic carbocycles. The zero-order valence-corrected chi connectivity index (χ0v) is 16.7. The van der Waals surface area contributed by atoms with E-state index in [0.29, 0.717) is 0 Å². The van der Waals surface area contributed by atoms with Gasteiger partial charge in [0.05, 0.1) is 12.9 Å². The average Bonchev–Trinajstić information content (AvgIpc) is 3.08. The number of aliphatic hydroxyl groups is 1. The molecule has 0 bridgehead atoms. The van der Waals surface area contributed by atoms with Gasteiger partial charge in [-0.1, -0.05) is 12.2 Å². The van der Waals surface area contributed by atoms with Crippen LogP contribution in [0.3, 0.4) is 0 Å². The molecule has 0 amide bonds. The minimum absolute atomic E-state index is 0.0870. The molecular weight excluding hydrogens is 444 g/mol.